The summed E-state index contributed by atoms with van der Waals surface area (Å²) in [5.41, 5.74) is 0. The lowest BCUT2D eigenvalue weighted by Gasteiger charge is -2.11. The second-order valence-electron chi connectivity index (χ2n) is 1.82. The van der Waals surface area contributed by atoms with E-state index in [1.54, 1.807) is 0 Å². The average molecular weight is 119 g/mol. The number of rotatable bonds is 2. The third kappa shape index (κ3) is 2.94. The van der Waals surface area contributed by atoms with E-state index in [4.69, 9.17) is 0 Å². The van der Waals surface area contributed by atoms with Gasteiger partial charge in [-0.15, -0.1) is 0 Å². The highest BCUT2D eigenvalue weighted by Gasteiger charge is 2.01. The molecule has 0 aliphatic carbocycles. The molecule has 0 saturated carbocycles. The molecule has 0 heterocycles. The molecule has 0 saturated heterocycles. The topological polar surface area (TPSA) is 12.0 Å². The lowest BCUT2D eigenvalue weighted by molar-refractivity contribution is 0.608. The van der Waals surface area contributed by atoms with E-state index in [0.29, 0.717) is 11.3 Å². The van der Waals surface area contributed by atoms with Crippen molar-refractivity contribution in [1.29, 1.82) is 0 Å². The predicted molar refractivity (Wildman–Crippen MR) is 37.0 cm³/mol. The highest BCUT2D eigenvalue weighted by Crippen LogP contribution is 1.97. The Labute approximate surface area is 50.9 Å². The summed E-state index contributed by atoms with van der Waals surface area (Å²) < 4.78 is 0. The van der Waals surface area contributed by atoms with Crippen LogP contribution in [0.2, 0.25) is 0 Å². The molecule has 0 aliphatic rings. The van der Waals surface area contributed by atoms with Crippen LogP contribution in [-0.2, 0) is 0 Å². The first-order chi connectivity index (χ1) is 3.18. The lowest BCUT2D eigenvalue weighted by atomic mass is 10.3. The van der Waals surface area contributed by atoms with Gasteiger partial charge in [0.05, 0.1) is 0 Å². The van der Waals surface area contributed by atoms with Crippen molar-refractivity contribution in [1.82, 2.24) is 5.32 Å². The van der Waals surface area contributed by atoms with Gasteiger partial charge in [-0.25, -0.2) is 0 Å². The molecule has 1 N–H and O–H groups in total. The Kier molecular flexibility index (Phi) is 3.48. The zero-order valence-electron chi connectivity index (χ0n) is 5.10. The molecule has 2 heteroatoms. The minimum Gasteiger partial charge on any atom is -0.316 e. The van der Waals surface area contributed by atoms with Gasteiger partial charge in [-0.05, 0) is 14.0 Å². The molecule has 1 nitrogen and oxygen atoms in total. The molecular weight excluding hydrogens is 106 g/mol. The highest BCUT2D eigenvalue weighted by molar-refractivity contribution is 7.81. The van der Waals surface area contributed by atoms with Gasteiger partial charge in [0, 0.05) is 11.3 Å². The van der Waals surface area contributed by atoms with Crippen LogP contribution in [-0.4, -0.2) is 18.3 Å². The Morgan fingerprint density at radius 1 is 1.43 bits per heavy atom. The third-order valence-electron chi connectivity index (χ3n) is 1.18. The van der Waals surface area contributed by atoms with Crippen LogP contribution in [0.15, 0.2) is 0 Å². The molecule has 0 aromatic carbocycles. The van der Waals surface area contributed by atoms with Crippen LogP contribution in [0.4, 0.5) is 0 Å². The summed E-state index contributed by atoms with van der Waals surface area (Å²) in [5.74, 6) is 0. The molecule has 0 amide bonds. The Balaban J connectivity index is 3.14. The van der Waals surface area contributed by atoms with E-state index in [-0.39, 0.29) is 0 Å². The van der Waals surface area contributed by atoms with Crippen molar-refractivity contribution in [2.75, 3.05) is 7.05 Å². The van der Waals surface area contributed by atoms with Crippen molar-refractivity contribution in [2.45, 2.75) is 25.1 Å². The smallest absolute Gasteiger partial charge is 0.0150 e. The van der Waals surface area contributed by atoms with Crippen molar-refractivity contribution < 1.29 is 0 Å². The molecule has 7 heavy (non-hydrogen) atoms. The normalized spacial score (nSPS) is 18.9. The van der Waals surface area contributed by atoms with Crippen LogP contribution < -0.4 is 5.32 Å². The molecule has 0 fully saturated rings. The van der Waals surface area contributed by atoms with E-state index >= 15 is 0 Å². The molecule has 0 bridgehead atoms. The molecule has 2 atom stereocenters. The lowest BCUT2D eigenvalue weighted by Crippen LogP contribution is -2.28. The van der Waals surface area contributed by atoms with Gasteiger partial charge < -0.3 is 5.32 Å². The van der Waals surface area contributed by atoms with E-state index in [2.05, 4.69) is 31.8 Å². The van der Waals surface area contributed by atoms with Crippen LogP contribution >= 0.6 is 12.6 Å². The fourth-order valence-electron chi connectivity index (χ4n) is 0.241. The summed E-state index contributed by atoms with van der Waals surface area (Å²) in [6.45, 7) is 4.18. The molecule has 0 aliphatic heterocycles. The first kappa shape index (κ1) is 7.31. The highest BCUT2D eigenvalue weighted by atomic mass is 32.1. The van der Waals surface area contributed by atoms with Crippen LogP contribution in [0, 0.1) is 0 Å². The van der Waals surface area contributed by atoms with E-state index in [1.807, 2.05) is 7.05 Å². The third-order valence-corrected chi connectivity index (χ3v) is 1.63. The zero-order chi connectivity index (χ0) is 5.86. The Hall–Kier alpha value is 0.310. The maximum Gasteiger partial charge on any atom is 0.0150 e. The molecule has 2 unspecified atom stereocenters. The molecule has 0 radical (unpaired) electrons. The second-order valence-corrected chi connectivity index (χ2v) is 2.63. The first-order valence-electron chi connectivity index (χ1n) is 2.53. The van der Waals surface area contributed by atoms with Crippen molar-refractivity contribution in [3.63, 3.8) is 0 Å². The SMILES string of the molecule is CNC(C)C(C)S. The summed E-state index contributed by atoms with van der Waals surface area (Å²) in [6.07, 6.45) is 0. The molecular formula is C5H13NS. The summed E-state index contributed by atoms with van der Waals surface area (Å²) in [6, 6.07) is 0.517. The van der Waals surface area contributed by atoms with Crippen molar-refractivity contribution in [3.8, 4) is 0 Å². The fourth-order valence-corrected chi connectivity index (χ4v) is 0.390. The standard InChI is InChI=1S/C5H13NS/c1-4(6-3)5(2)7/h4-7H,1-3H3. The van der Waals surface area contributed by atoms with Crippen LogP contribution in [0.5, 0.6) is 0 Å². The van der Waals surface area contributed by atoms with Gasteiger partial charge in [0.1, 0.15) is 0 Å². The van der Waals surface area contributed by atoms with Gasteiger partial charge in [-0.2, -0.15) is 12.6 Å². The van der Waals surface area contributed by atoms with Gasteiger partial charge in [0.2, 0.25) is 0 Å². The molecule has 0 aromatic heterocycles. The van der Waals surface area contributed by atoms with Crippen molar-refractivity contribution in [2.24, 2.45) is 0 Å². The summed E-state index contributed by atoms with van der Waals surface area (Å²) in [4.78, 5) is 0. The van der Waals surface area contributed by atoms with Gasteiger partial charge in [-0.3, -0.25) is 0 Å². The maximum atomic E-state index is 4.21. The number of thiol groups is 1. The van der Waals surface area contributed by atoms with Gasteiger partial charge >= 0.3 is 0 Å². The molecule has 0 aromatic rings. The Bertz CT molecular complexity index is 45.3. The Morgan fingerprint density at radius 3 is 1.86 bits per heavy atom. The van der Waals surface area contributed by atoms with Crippen molar-refractivity contribution >= 4 is 12.6 Å². The maximum absolute atomic E-state index is 4.21. The molecule has 44 valence electrons. The number of nitrogens with one attached hydrogen (secondary N) is 1. The quantitative estimate of drug-likeness (QED) is 0.515. The minimum absolute atomic E-state index is 0.449. The van der Waals surface area contributed by atoms with E-state index in [9.17, 15) is 0 Å². The van der Waals surface area contributed by atoms with Crippen LogP contribution in [0.25, 0.3) is 0 Å². The predicted octanol–water partition coefficient (Wildman–Crippen LogP) is 0.913. The van der Waals surface area contributed by atoms with Gasteiger partial charge in [0.25, 0.3) is 0 Å². The number of hydrogen-bond acceptors (Lipinski definition) is 2. The second kappa shape index (κ2) is 3.33. The first-order valence-corrected chi connectivity index (χ1v) is 3.05. The zero-order valence-corrected chi connectivity index (χ0v) is 6.00. The molecule has 0 rings (SSSR count). The fraction of sp³-hybridized carbons (Fsp3) is 1.00. The monoisotopic (exact) mass is 119 g/mol. The summed E-state index contributed by atoms with van der Waals surface area (Å²) >= 11 is 4.21. The van der Waals surface area contributed by atoms with E-state index in [0.717, 1.165) is 0 Å². The Morgan fingerprint density at radius 2 is 1.86 bits per heavy atom. The summed E-state index contributed by atoms with van der Waals surface area (Å²) in [5, 5.41) is 3.54. The minimum atomic E-state index is 0.449. The van der Waals surface area contributed by atoms with Crippen LogP contribution in [0.3, 0.4) is 0 Å². The average Bonchev–Trinajstić information content (AvgIpc) is 1.65. The van der Waals surface area contributed by atoms with E-state index < -0.39 is 0 Å². The van der Waals surface area contributed by atoms with Crippen molar-refractivity contribution in [3.05, 3.63) is 0 Å². The number of hydrogen-bond donors (Lipinski definition) is 2. The van der Waals surface area contributed by atoms with E-state index in [1.165, 1.54) is 0 Å². The van der Waals surface area contributed by atoms with Gasteiger partial charge in [0.15, 0.2) is 0 Å². The molecule has 0 spiro atoms. The van der Waals surface area contributed by atoms with Gasteiger partial charge in [-0.1, -0.05) is 6.92 Å². The van der Waals surface area contributed by atoms with Crippen LogP contribution in [0.1, 0.15) is 13.8 Å². The largest absolute Gasteiger partial charge is 0.316 e. The summed E-state index contributed by atoms with van der Waals surface area (Å²) in [7, 11) is 1.94.